The van der Waals surface area contributed by atoms with E-state index in [0.717, 1.165) is 6.07 Å². The molecule has 238 valence electrons. The monoisotopic (exact) mass is 646 g/mol. The highest BCUT2D eigenvalue weighted by atomic mass is 35.5. The number of ether oxygens (including phenoxy) is 2. The van der Waals surface area contributed by atoms with Crippen LogP contribution in [0, 0.1) is 0 Å². The normalized spacial score (nSPS) is 11.1. The number of carbonyl (C=O) groups excluding carboxylic acids is 2. The Morgan fingerprint density at radius 1 is 0.804 bits per heavy atom. The maximum absolute atomic E-state index is 12.4. The third-order valence-corrected chi connectivity index (χ3v) is 6.77. The van der Waals surface area contributed by atoms with Crippen LogP contribution in [0.1, 0.15) is 43.6 Å². The molecule has 0 bridgehead atoms. The lowest BCUT2D eigenvalue weighted by Gasteiger charge is -2.25. The van der Waals surface area contributed by atoms with Gasteiger partial charge in [0.1, 0.15) is 17.1 Å². The van der Waals surface area contributed by atoms with Crippen LogP contribution in [0.2, 0.25) is 5.02 Å². The van der Waals surface area contributed by atoms with E-state index in [1.165, 1.54) is 30.3 Å². The topological polar surface area (TPSA) is 164 Å². The van der Waals surface area contributed by atoms with Gasteiger partial charge in [-0.05, 0) is 107 Å². The molecule has 1 aromatic heterocycles. The number of phenolic OH excluding ortho intramolecular Hbond substituents is 3. The lowest BCUT2D eigenvalue weighted by Crippen LogP contribution is -2.40. The van der Waals surface area contributed by atoms with Crippen molar-refractivity contribution in [2.75, 3.05) is 0 Å². The molecule has 5 aromatic rings. The summed E-state index contributed by atoms with van der Waals surface area (Å²) in [6, 6.07) is 21.0. The van der Waals surface area contributed by atoms with E-state index in [1.54, 1.807) is 76.2 Å². The lowest BCUT2D eigenvalue weighted by atomic mass is 10.0. The minimum Gasteiger partial charge on any atom is -0.508 e. The first-order valence-corrected chi connectivity index (χ1v) is 14.4. The van der Waals surface area contributed by atoms with E-state index in [9.17, 15) is 34.8 Å². The maximum Gasteiger partial charge on any atom is 0.350 e. The minimum absolute atomic E-state index is 0.0872. The molecule has 0 aliphatic heterocycles. The summed E-state index contributed by atoms with van der Waals surface area (Å²) in [4.78, 5) is 36.6. The molecule has 0 unspecified atom stereocenters. The van der Waals surface area contributed by atoms with Crippen molar-refractivity contribution in [3.63, 3.8) is 0 Å². The van der Waals surface area contributed by atoms with E-state index in [0.29, 0.717) is 21.9 Å². The Hall–Kier alpha value is -5.48. The number of halogens is 1. The molecule has 1 heterocycles. The third kappa shape index (κ3) is 7.77. The van der Waals surface area contributed by atoms with E-state index >= 15 is 0 Å². The molecule has 0 amide bonds. The van der Waals surface area contributed by atoms with Crippen molar-refractivity contribution < 1.29 is 43.9 Å². The Labute approximate surface area is 268 Å². The number of carbonyl (C=O) groups is 2. The van der Waals surface area contributed by atoms with Crippen molar-refractivity contribution in [3.8, 4) is 40.1 Å². The first-order chi connectivity index (χ1) is 21.7. The predicted molar refractivity (Wildman–Crippen MR) is 172 cm³/mol. The fourth-order valence-corrected chi connectivity index (χ4v) is 4.29. The molecule has 4 N–H and O–H groups in total. The van der Waals surface area contributed by atoms with Crippen molar-refractivity contribution in [2.24, 2.45) is 0 Å². The van der Waals surface area contributed by atoms with Crippen LogP contribution < -0.4 is 10.2 Å². The SMILES string of the molecule is CC(C)OC(=O)C(C)(C)Oc1ccc(C(=O)c2ccc(Cl)cc2)cc1.O=c1c(O)c(-c2ccc(O)c(O)c2)oc2cc(O)ccc12. The molecule has 0 saturated heterocycles. The fraction of sp³-hybridized carbons (Fsp3) is 0.171. The third-order valence-electron chi connectivity index (χ3n) is 6.52. The van der Waals surface area contributed by atoms with Crippen LogP contribution >= 0.6 is 11.6 Å². The number of esters is 1. The van der Waals surface area contributed by atoms with Crippen LogP contribution in [0.15, 0.2) is 94.1 Å². The van der Waals surface area contributed by atoms with Gasteiger partial charge < -0.3 is 34.3 Å². The number of hydrogen-bond donors (Lipinski definition) is 4. The van der Waals surface area contributed by atoms with Gasteiger partial charge in [-0.3, -0.25) is 9.59 Å². The van der Waals surface area contributed by atoms with E-state index in [-0.39, 0.29) is 45.7 Å². The van der Waals surface area contributed by atoms with E-state index in [2.05, 4.69) is 0 Å². The Balaban J connectivity index is 0.000000211. The number of rotatable bonds is 7. The highest BCUT2D eigenvalue weighted by molar-refractivity contribution is 6.30. The van der Waals surface area contributed by atoms with Gasteiger partial charge in [-0.1, -0.05) is 11.6 Å². The first kappa shape index (κ1) is 33.4. The molecule has 0 atom stereocenters. The van der Waals surface area contributed by atoms with Crippen LogP contribution in [0.5, 0.6) is 28.7 Å². The zero-order valence-electron chi connectivity index (χ0n) is 25.3. The van der Waals surface area contributed by atoms with Gasteiger partial charge in [-0.2, -0.15) is 0 Å². The van der Waals surface area contributed by atoms with Crippen LogP contribution in [-0.4, -0.2) is 43.9 Å². The van der Waals surface area contributed by atoms with Crippen molar-refractivity contribution >= 4 is 34.3 Å². The second kappa shape index (κ2) is 13.7. The van der Waals surface area contributed by atoms with Crippen LogP contribution in [0.25, 0.3) is 22.3 Å². The van der Waals surface area contributed by atoms with Crippen molar-refractivity contribution in [2.45, 2.75) is 39.4 Å². The molecule has 0 fully saturated rings. The van der Waals surface area contributed by atoms with E-state index < -0.39 is 28.5 Å². The zero-order valence-corrected chi connectivity index (χ0v) is 26.0. The average molecular weight is 647 g/mol. The quantitative estimate of drug-likeness (QED) is 0.0825. The summed E-state index contributed by atoms with van der Waals surface area (Å²) < 4.78 is 16.3. The molecule has 46 heavy (non-hydrogen) atoms. The largest absolute Gasteiger partial charge is 0.508 e. The first-order valence-electron chi connectivity index (χ1n) is 14.0. The zero-order chi connectivity index (χ0) is 33.8. The summed E-state index contributed by atoms with van der Waals surface area (Å²) in [5.41, 5.74) is -0.383. The van der Waals surface area contributed by atoms with E-state index in [1.807, 2.05) is 0 Å². The molecule has 5 rings (SSSR count). The highest BCUT2D eigenvalue weighted by Gasteiger charge is 2.32. The van der Waals surface area contributed by atoms with Gasteiger partial charge >= 0.3 is 5.97 Å². The van der Waals surface area contributed by atoms with Gasteiger partial charge in [0.25, 0.3) is 0 Å². The molecule has 0 aliphatic rings. The molecule has 0 radical (unpaired) electrons. The van der Waals surface area contributed by atoms with Crippen molar-refractivity contribution in [3.05, 3.63) is 111 Å². The van der Waals surface area contributed by atoms with E-state index in [4.69, 9.17) is 25.5 Å². The van der Waals surface area contributed by atoms with Gasteiger partial charge in [-0.25, -0.2) is 4.79 Å². The molecular weight excluding hydrogens is 616 g/mol. The Kier molecular flexibility index (Phi) is 9.92. The van der Waals surface area contributed by atoms with Gasteiger partial charge in [0.15, 0.2) is 28.6 Å². The Morgan fingerprint density at radius 2 is 1.41 bits per heavy atom. The van der Waals surface area contributed by atoms with Gasteiger partial charge in [-0.15, -0.1) is 0 Å². The van der Waals surface area contributed by atoms with Gasteiger partial charge in [0.2, 0.25) is 11.2 Å². The predicted octanol–water partition coefficient (Wildman–Crippen LogP) is 6.96. The summed E-state index contributed by atoms with van der Waals surface area (Å²) in [5.74, 6) is -1.67. The number of fused-ring (bicyclic) bond motifs is 1. The molecular formula is C35H31ClO10. The number of ketones is 1. The minimum atomic E-state index is -1.12. The second-order valence-electron chi connectivity index (χ2n) is 10.9. The highest BCUT2D eigenvalue weighted by Crippen LogP contribution is 2.35. The standard InChI is InChI=1S/C20H21ClO4.C15H10O6/c1-13(2)24-19(23)20(3,4)25-17-11-7-15(8-12-17)18(22)14-5-9-16(21)10-6-14;16-8-2-3-9-12(6-8)21-15(14(20)13(9)19)7-1-4-10(17)11(18)5-7/h5-13H,1-4H3;1-6,16-18,20H. The summed E-state index contributed by atoms with van der Waals surface area (Å²) in [5, 5.41) is 38.9. The summed E-state index contributed by atoms with van der Waals surface area (Å²) in [6.45, 7) is 6.85. The molecule has 4 aromatic carbocycles. The molecule has 0 saturated carbocycles. The molecule has 0 aliphatic carbocycles. The van der Waals surface area contributed by atoms with Crippen LogP contribution in [-0.2, 0) is 9.53 Å². The smallest absolute Gasteiger partial charge is 0.350 e. The number of aromatic hydroxyl groups is 4. The average Bonchev–Trinajstić information content (AvgIpc) is 3.00. The molecule has 0 spiro atoms. The number of benzene rings is 4. The second-order valence-corrected chi connectivity index (χ2v) is 11.4. The summed E-state index contributed by atoms with van der Waals surface area (Å²) >= 11 is 5.84. The Bertz CT molecular complexity index is 1940. The fourth-order valence-electron chi connectivity index (χ4n) is 4.17. The van der Waals surface area contributed by atoms with Gasteiger partial charge in [0.05, 0.1) is 11.5 Å². The number of hydrogen-bond acceptors (Lipinski definition) is 10. The van der Waals surface area contributed by atoms with Crippen molar-refractivity contribution in [1.82, 2.24) is 0 Å². The maximum atomic E-state index is 12.4. The van der Waals surface area contributed by atoms with Crippen molar-refractivity contribution in [1.29, 1.82) is 0 Å². The van der Waals surface area contributed by atoms with Crippen LogP contribution in [0.3, 0.4) is 0 Å². The molecule has 11 heteroatoms. The number of phenols is 3. The lowest BCUT2D eigenvalue weighted by molar-refractivity contribution is -0.163. The summed E-state index contributed by atoms with van der Waals surface area (Å²) in [6.07, 6.45) is -0.213. The molecule has 10 nitrogen and oxygen atoms in total. The summed E-state index contributed by atoms with van der Waals surface area (Å²) in [7, 11) is 0. The van der Waals surface area contributed by atoms with Gasteiger partial charge in [0, 0.05) is 27.8 Å². The van der Waals surface area contributed by atoms with Crippen LogP contribution in [0.4, 0.5) is 0 Å². The Morgan fingerprint density at radius 3 is 2.00 bits per heavy atom.